The second-order valence-electron chi connectivity index (χ2n) is 4.73. The summed E-state index contributed by atoms with van der Waals surface area (Å²) in [5, 5.41) is 0. The van der Waals surface area contributed by atoms with E-state index in [1.807, 2.05) is 47.1 Å². The van der Waals surface area contributed by atoms with Crippen LogP contribution >= 0.6 is 0 Å². The molecule has 2 N–H and O–H groups in total. The number of carbonyl (C=O) groups excluding carboxylic acids is 1. The number of carbonyl (C=O) groups is 1. The number of hydrogen-bond donors (Lipinski definition) is 1. The van der Waals surface area contributed by atoms with Gasteiger partial charge in [-0.2, -0.15) is 0 Å². The first-order valence-electron chi connectivity index (χ1n) is 6.42. The van der Waals surface area contributed by atoms with Gasteiger partial charge in [0.15, 0.2) is 5.69 Å². The first-order chi connectivity index (χ1) is 9.25. The van der Waals surface area contributed by atoms with Gasteiger partial charge in [-0.1, -0.05) is 18.2 Å². The lowest BCUT2D eigenvalue weighted by Gasteiger charge is -2.17. The van der Waals surface area contributed by atoms with E-state index in [0.29, 0.717) is 6.54 Å². The van der Waals surface area contributed by atoms with Gasteiger partial charge in [0.1, 0.15) is 5.69 Å². The van der Waals surface area contributed by atoms with Gasteiger partial charge in [0.25, 0.3) is 0 Å². The van der Waals surface area contributed by atoms with Crippen LogP contribution in [0.4, 0.5) is 10.5 Å². The fraction of sp³-hybridized carbons (Fsp3) is 0.286. The number of aromatic nitrogens is 2. The molecule has 19 heavy (non-hydrogen) atoms. The molecule has 0 unspecified atom stereocenters. The molecule has 2 aromatic rings. The summed E-state index contributed by atoms with van der Waals surface area (Å²) >= 11 is 0. The van der Waals surface area contributed by atoms with E-state index in [-0.39, 0.29) is 6.03 Å². The molecule has 2 heterocycles. The molecule has 1 aliphatic rings. The van der Waals surface area contributed by atoms with Gasteiger partial charge in [0.05, 0.1) is 6.54 Å². The van der Waals surface area contributed by atoms with Gasteiger partial charge in [0.2, 0.25) is 6.33 Å². The monoisotopic (exact) mass is 257 g/mol. The van der Waals surface area contributed by atoms with E-state index in [9.17, 15) is 4.79 Å². The SMILES string of the molecule is Cc1[nH]c[nH+]c1CN1CCN(c2ccccc2)C1=O. The summed E-state index contributed by atoms with van der Waals surface area (Å²) in [5.74, 6) is 0. The lowest BCUT2D eigenvalue weighted by atomic mass is 10.3. The Kier molecular flexibility index (Phi) is 2.95. The number of aromatic amines is 2. The van der Waals surface area contributed by atoms with Crippen LogP contribution in [0.1, 0.15) is 11.4 Å². The molecule has 0 saturated carbocycles. The fourth-order valence-electron chi connectivity index (χ4n) is 2.36. The number of H-pyrrole nitrogens is 2. The van der Waals surface area contributed by atoms with Gasteiger partial charge >= 0.3 is 6.03 Å². The number of rotatable bonds is 3. The standard InChI is InChI=1S/C14H16N4O/c1-11-13(16-10-15-11)9-17-7-8-18(14(17)19)12-5-3-2-4-6-12/h2-6,10H,7-9H2,1H3,(H,15,16)/p+1. The van der Waals surface area contributed by atoms with Gasteiger partial charge in [-0.25, -0.2) is 14.8 Å². The third-order valence-corrected chi connectivity index (χ3v) is 3.50. The Labute approximate surface area is 111 Å². The second kappa shape index (κ2) is 4.76. The van der Waals surface area contributed by atoms with Crippen molar-refractivity contribution in [2.24, 2.45) is 0 Å². The molecule has 5 nitrogen and oxygen atoms in total. The number of benzene rings is 1. The third-order valence-electron chi connectivity index (χ3n) is 3.50. The maximum absolute atomic E-state index is 12.4. The van der Waals surface area contributed by atoms with Crippen molar-refractivity contribution in [1.29, 1.82) is 0 Å². The quantitative estimate of drug-likeness (QED) is 0.891. The number of hydrogen-bond acceptors (Lipinski definition) is 1. The highest BCUT2D eigenvalue weighted by Gasteiger charge is 2.30. The molecule has 0 atom stereocenters. The van der Waals surface area contributed by atoms with Crippen molar-refractivity contribution in [1.82, 2.24) is 9.88 Å². The van der Waals surface area contributed by atoms with Crippen LogP contribution in [-0.4, -0.2) is 29.0 Å². The number of para-hydroxylation sites is 1. The smallest absolute Gasteiger partial charge is 0.314 e. The molecule has 0 aliphatic carbocycles. The van der Waals surface area contributed by atoms with Crippen molar-refractivity contribution in [2.45, 2.75) is 13.5 Å². The number of aryl methyl sites for hydroxylation is 1. The van der Waals surface area contributed by atoms with Crippen molar-refractivity contribution in [2.75, 3.05) is 18.0 Å². The van der Waals surface area contributed by atoms with E-state index in [4.69, 9.17) is 0 Å². The maximum atomic E-state index is 12.4. The molecule has 2 amide bonds. The summed E-state index contributed by atoms with van der Waals surface area (Å²) in [7, 11) is 0. The van der Waals surface area contributed by atoms with E-state index in [1.54, 1.807) is 6.33 Å². The number of nitrogens with zero attached hydrogens (tertiary/aromatic N) is 2. The maximum Gasteiger partial charge on any atom is 0.325 e. The largest absolute Gasteiger partial charge is 0.325 e. The van der Waals surface area contributed by atoms with Crippen LogP contribution in [0, 0.1) is 6.92 Å². The Morgan fingerprint density at radius 1 is 1.26 bits per heavy atom. The summed E-state index contributed by atoms with van der Waals surface area (Å²) < 4.78 is 0. The summed E-state index contributed by atoms with van der Waals surface area (Å²) in [6.07, 6.45) is 1.79. The van der Waals surface area contributed by atoms with Gasteiger partial charge in [-0.15, -0.1) is 0 Å². The molecule has 1 saturated heterocycles. The Morgan fingerprint density at radius 2 is 2.05 bits per heavy atom. The Hall–Kier alpha value is -2.30. The summed E-state index contributed by atoms with van der Waals surface area (Å²) in [4.78, 5) is 22.3. The van der Waals surface area contributed by atoms with E-state index < -0.39 is 0 Å². The molecule has 0 radical (unpaired) electrons. The number of urea groups is 1. The highest BCUT2D eigenvalue weighted by atomic mass is 16.2. The minimum atomic E-state index is 0.0696. The minimum Gasteiger partial charge on any atom is -0.314 e. The molecule has 5 heteroatoms. The average molecular weight is 257 g/mol. The van der Waals surface area contributed by atoms with Gasteiger partial charge in [0, 0.05) is 25.7 Å². The first kappa shape index (κ1) is 11.8. The van der Waals surface area contributed by atoms with Crippen LogP contribution in [-0.2, 0) is 6.54 Å². The third kappa shape index (κ3) is 2.19. The number of amides is 2. The van der Waals surface area contributed by atoms with Crippen LogP contribution in [0.25, 0.3) is 0 Å². The highest BCUT2D eigenvalue weighted by Crippen LogP contribution is 2.20. The minimum absolute atomic E-state index is 0.0696. The molecule has 98 valence electrons. The van der Waals surface area contributed by atoms with E-state index in [2.05, 4.69) is 9.97 Å². The van der Waals surface area contributed by atoms with Crippen LogP contribution in [0.3, 0.4) is 0 Å². The van der Waals surface area contributed by atoms with Gasteiger partial charge < -0.3 is 4.90 Å². The van der Waals surface area contributed by atoms with Crippen LogP contribution in [0.15, 0.2) is 36.7 Å². The van der Waals surface area contributed by atoms with E-state index >= 15 is 0 Å². The van der Waals surface area contributed by atoms with Crippen molar-refractivity contribution in [3.8, 4) is 0 Å². The topological polar surface area (TPSA) is 53.5 Å². The predicted octanol–water partition coefficient (Wildman–Crippen LogP) is 1.58. The van der Waals surface area contributed by atoms with E-state index in [1.165, 1.54) is 0 Å². The summed E-state index contributed by atoms with van der Waals surface area (Å²) in [6.45, 7) is 4.12. The summed E-state index contributed by atoms with van der Waals surface area (Å²) in [5.41, 5.74) is 3.10. The molecule has 1 aromatic heterocycles. The normalized spacial score (nSPS) is 15.3. The molecule has 1 aliphatic heterocycles. The molecule has 0 bridgehead atoms. The highest BCUT2D eigenvalue weighted by molar-refractivity contribution is 5.94. The summed E-state index contributed by atoms with van der Waals surface area (Å²) in [6, 6.07) is 9.87. The van der Waals surface area contributed by atoms with Crippen LogP contribution in [0.2, 0.25) is 0 Å². The van der Waals surface area contributed by atoms with Gasteiger partial charge in [-0.05, 0) is 12.1 Å². The molecular formula is C14H17N4O+. The number of imidazole rings is 1. The Bertz CT molecular complexity index is 578. The second-order valence-corrected chi connectivity index (χ2v) is 4.73. The molecule has 3 rings (SSSR count). The van der Waals surface area contributed by atoms with Crippen molar-refractivity contribution < 1.29 is 9.78 Å². The van der Waals surface area contributed by atoms with Crippen molar-refractivity contribution in [3.05, 3.63) is 48.0 Å². The van der Waals surface area contributed by atoms with Crippen LogP contribution in [0.5, 0.6) is 0 Å². The van der Waals surface area contributed by atoms with Crippen molar-refractivity contribution in [3.63, 3.8) is 0 Å². The Balaban J connectivity index is 1.74. The van der Waals surface area contributed by atoms with Gasteiger partial charge in [-0.3, -0.25) is 4.90 Å². The zero-order chi connectivity index (χ0) is 13.2. The molecular weight excluding hydrogens is 240 g/mol. The van der Waals surface area contributed by atoms with Crippen molar-refractivity contribution >= 4 is 11.7 Å². The first-order valence-corrected chi connectivity index (χ1v) is 6.42. The Morgan fingerprint density at radius 3 is 2.74 bits per heavy atom. The predicted molar refractivity (Wildman–Crippen MR) is 71.7 cm³/mol. The molecule has 0 spiro atoms. The number of nitrogens with one attached hydrogen (secondary N) is 2. The zero-order valence-corrected chi connectivity index (χ0v) is 10.9. The fourth-order valence-corrected chi connectivity index (χ4v) is 2.36. The molecule has 1 aromatic carbocycles. The van der Waals surface area contributed by atoms with Crippen LogP contribution < -0.4 is 9.88 Å². The lowest BCUT2D eigenvalue weighted by molar-refractivity contribution is -0.389. The molecule has 1 fully saturated rings. The van der Waals surface area contributed by atoms with E-state index in [0.717, 1.165) is 30.2 Å². The average Bonchev–Trinajstić information content (AvgIpc) is 2.99. The zero-order valence-electron chi connectivity index (χ0n) is 10.9. The lowest BCUT2D eigenvalue weighted by Crippen LogP contribution is -2.32. The number of anilines is 1.